The number of nitrogens with zero attached hydrogens (tertiary/aromatic N) is 4. The third-order valence-corrected chi connectivity index (χ3v) is 4.56. The average Bonchev–Trinajstić information content (AvgIpc) is 2.88. The Balaban J connectivity index is 1.92. The van der Waals surface area contributed by atoms with Crippen molar-refractivity contribution in [3.63, 3.8) is 0 Å². The maximum absolute atomic E-state index is 14.1. The zero-order valence-electron chi connectivity index (χ0n) is 13.4. The van der Waals surface area contributed by atoms with E-state index in [9.17, 15) is 12.8 Å². The molecule has 3 N–H and O–H groups in total. The van der Waals surface area contributed by atoms with Crippen LogP contribution in [0.25, 0.3) is 11.4 Å². The van der Waals surface area contributed by atoms with E-state index in [4.69, 9.17) is 5.14 Å². The number of aromatic nitrogens is 4. The fourth-order valence-corrected chi connectivity index (χ4v) is 2.72. The molecule has 0 bridgehead atoms. The molecule has 0 spiro atoms. The van der Waals surface area contributed by atoms with Crippen molar-refractivity contribution in [1.82, 2.24) is 19.5 Å². The van der Waals surface area contributed by atoms with E-state index < -0.39 is 15.8 Å². The zero-order valence-corrected chi connectivity index (χ0v) is 14.2. The summed E-state index contributed by atoms with van der Waals surface area (Å²) in [5.41, 5.74) is 1.43. The van der Waals surface area contributed by atoms with Gasteiger partial charge in [0, 0.05) is 13.2 Å². The highest BCUT2D eigenvalue weighted by atomic mass is 32.2. The van der Waals surface area contributed by atoms with Crippen LogP contribution in [0, 0.1) is 12.7 Å². The number of anilines is 2. The lowest BCUT2D eigenvalue weighted by molar-refractivity contribution is 0.593. The van der Waals surface area contributed by atoms with E-state index >= 15 is 0 Å². The first-order valence-corrected chi connectivity index (χ1v) is 8.71. The van der Waals surface area contributed by atoms with Gasteiger partial charge in [0.25, 0.3) is 0 Å². The molecule has 1 aromatic carbocycles. The number of rotatable bonds is 4. The molecule has 0 aliphatic rings. The molecule has 0 radical (unpaired) electrons. The number of nitrogens with two attached hydrogens (primary N) is 1. The van der Waals surface area contributed by atoms with Crippen molar-refractivity contribution >= 4 is 21.7 Å². The molecule has 0 saturated heterocycles. The lowest BCUT2D eigenvalue weighted by Gasteiger charge is -2.09. The van der Waals surface area contributed by atoms with E-state index in [1.165, 1.54) is 18.3 Å². The Labute approximate surface area is 143 Å². The van der Waals surface area contributed by atoms with Crippen molar-refractivity contribution in [2.45, 2.75) is 11.8 Å². The summed E-state index contributed by atoms with van der Waals surface area (Å²) in [6.07, 6.45) is 3.21. The molecule has 10 heteroatoms. The minimum absolute atomic E-state index is 0.0331. The van der Waals surface area contributed by atoms with Crippen molar-refractivity contribution < 1.29 is 12.8 Å². The first-order valence-electron chi connectivity index (χ1n) is 7.17. The maximum atomic E-state index is 14.1. The highest BCUT2D eigenvalue weighted by Gasteiger charge is 2.13. The standard InChI is InChI=1S/C15H15FN6O2S/c1-9-19-8-14(22(9)2)13-5-6-18-15(21-13)20-12-4-3-10(7-11(12)16)25(17,23)24/h3-8H,1-2H3,(H2,17,23,24)(H,18,20,21). The van der Waals surface area contributed by atoms with Gasteiger partial charge in [0.2, 0.25) is 16.0 Å². The summed E-state index contributed by atoms with van der Waals surface area (Å²) < 4.78 is 38.5. The van der Waals surface area contributed by atoms with Crippen LogP contribution in [0.2, 0.25) is 0 Å². The van der Waals surface area contributed by atoms with Gasteiger partial charge < -0.3 is 9.88 Å². The molecule has 0 atom stereocenters. The summed E-state index contributed by atoms with van der Waals surface area (Å²) in [5.74, 6) is 0.211. The smallest absolute Gasteiger partial charge is 0.238 e. The molecule has 8 nitrogen and oxygen atoms in total. The van der Waals surface area contributed by atoms with Gasteiger partial charge in [0.1, 0.15) is 11.6 Å². The highest BCUT2D eigenvalue weighted by Crippen LogP contribution is 2.23. The summed E-state index contributed by atoms with van der Waals surface area (Å²) in [7, 11) is -2.11. The van der Waals surface area contributed by atoms with Crippen LogP contribution in [-0.4, -0.2) is 27.9 Å². The van der Waals surface area contributed by atoms with E-state index in [1.807, 2.05) is 18.5 Å². The molecular formula is C15H15FN6O2S. The van der Waals surface area contributed by atoms with Crippen LogP contribution in [0.15, 0.2) is 41.6 Å². The number of aryl methyl sites for hydroxylation is 1. The third-order valence-electron chi connectivity index (χ3n) is 3.65. The molecule has 3 rings (SSSR count). The summed E-state index contributed by atoms with van der Waals surface area (Å²) in [6.45, 7) is 1.87. The molecule has 0 unspecified atom stereocenters. The minimum atomic E-state index is -3.97. The Morgan fingerprint density at radius 3 is 2.60 bits per heavy atom. The number of sulfonamides is 1. The normalized spacial score (nSPS) is 11.5. The number of halogens is 1. The van der Waals surface area contributed by atoms with Gasteiger partial charge in [-0.25, -0.2) is 32.9 Å². The van der Waals surface area contributed by atoms with Gasteiger partial charge in [0.05, 0.1) is 28.2 Å². The van der Waals surface area contributed by atoms with Gasteiger partial charge in [-0.05, 0) is 31.2 Å². The van der Waals surface area contributed by atoms with Crippen LogP contribution in [-0.2, 0) is 17.1 Å². The molecule has 2 heterocycles. The summed E-state index contributed by atoms with van der Waals surface area (Å²) in [6, 6.07) is 5.02. The maximum Gasteiger partial charge on any atom is 0.238 e. The second-order valence-corrected chi connectivity index (χ2v) is 6.89. The molecular weight excluding hydrogens is 347 g/mol. The van der Waals surface area contributed by atoms with Crippen molar-refractivity contribution in [2.75, 3.05) is 5.32 Å². The Hall–Kier alpha value is -2.85. The summed E-state index contributed by atoms with van der Waals surface area (Å²) >= 11 is 0. The number of primary sulfonamides is 1. The van der Waals surface area contributed by atoms with Crippen LogP contribution in [0.4, 0.5) is 16.0 Å². The van der Waals surface area contributed by atoms with Crippen LogP contribution < -0.4 is 10.5 Å². The molecule has 3 aromatic rings. The minimum Gasteiger partial charge on any atom is -0.330 e. The zero-order chi connectivity index (χ0) is 18.2. The third kappa shape index (κ3) is 3.49. The average molecular weight is 362 g/mol. The number of hydrogen-bond acceptors (Lipinski definition) is 6. The lowest BCUT2D eigenvalue weighted by atomic mass is 10.3. The summed E-state index contributed by atoms with van der Waals surface area (Å²) in [4.78, 5) is 12.3. The number of imidazole rings is 1. The van der Waals surface area contributed by atoms with Gasteiger partial charge >= 0.3 is 0 Å². The predicted molar refractivity (Wildman–Crippen MR) is 90.0 cm³/mol. The molecule has 0 fully saturated rings. The number of nitrogens with one attached hydrogen (secondary N) is 1. The van der Waals surface area contributed by atoms with Crippen molar-refractivity contribution in [3.05, 3.63) is 48.3 Å². The van der Waals surface area contributed by atoms with Gasteiger partial charge in [-0.3, -0.25) is 0 Å². The first kappa shape index (κ1) is 17.0. The predicted octanol–water partition coefficient (Wildman–Crippen LogP) is 1.72. The molecule has 130 valence electrons. The Morgan fingerprint density at radius 2 is 2.00 bits per heavy atom. The Kier molecular flexibility index (Phi) is 4.23. The largest absolute Gasteiger partial charge is 0.330 e. The van der Waals surface area contributed by atoms with E-state index in [2.05, 4.69) is 20.3 Å². The molecule has 0 saturated carbocycles. The van der Waals surface area contributed by atoms with Crippen molar-refractivity contribution in [1.29, 1.82) is 0 Å². The lowest BCUT2D eigenvalue weighted by Crippen LogP contribution is -2.12. The monoisotopic (exact) mass is 362 g/mol. The van der Waals surface area contributed by atoms with Gasteiger partial charge in [-0.2, -0.15) is 0 Å². The first-order chi connectivity index (χ1) is 11.8. The van der Waals surface area contributed by atoms with Gasteiger partial charge in [-0.15, -0.1) is 0 Å². The summed E-state index contributed by atoms with van der Waals surface area (Å²) in [5, 5.41) is 7.71. The number of benzene rings is 1. The Bertz CT molecular complexity index is 1050. The molecule has 0 aliphatic heterocycles. The molecule has 0 amide bonds. The second kappa shape index (κ2) is 6.22. The van der Waals surface area contributed by atoms with E-state index in [1.54, 1.807) is 12.3 Å². The molecule has 2 aromatic heterocycles. The van der Waals surface area contributed by atoms with Crippen LogP contribution in [0.1, 0.15) is 5.82 Å². The van der Waals surface area contributed by atoms with E-state index in [0.717, 1.165) is 17.6 Å². The van der Waals surface area contributed by atoms with Crippen LogP contribution in [0.3, 0.4) is 0 Å². The van der Waals surface area contributed by atoms with E-state index in [0.29, 0.717) is 5.69 Å². The molecule has 0 aliphatic carbocycles. The second-order valence-electron chi connectivity index (χ2n) is 5.33. The number of hydrogen-bond donors (Lipinski definition) is 2. The van der Waals surface area contributed by atoms with Crippen LogP contribution >= 0.6 is 0 Å². The quantitative estimate of drug-likeness (QED) is 0.730. The van der Waals surface area contributed by atoms with Crippen LogP contribution in [0.5, 0.6) is 0 Å². The van der Waals surface area contributed by atoms with E-state index in [-0.39, 0.29) is 16.5 Å². The van der Waals surface area contributed by atoms with Gasteiger partial charge in [-0.1, -0.05) is 0 Å². The SMILES string of the molecule is Cc1ncc(-c2ccnc(Nc3ccc(S(N)(=O)=O)cc3F)n2)n1C. The Morgan fingerprint density at radius 1 is 1.24 bits per heavy atom. The highest BCUT2D eigenvalue weighted by molar-refractivity contribution is 7.89. The topological polar surface area (TPSA) is 116 Å². The fraction of sp³-hybridized carbons (Fsp3) is 0.133. The molecule has 25 heavy (non-hydrogen) atoms. The van der Waals surface area contributed by atoms with Crippen molar-refractivity contribution in [2.24, 2.45) is 12.2 Å². The fourth-order valence-electron chi connectivity index (χ4n) is 2.20. The van der Waals surface area contributed by atoms with Crippen molar-refractivity contribution in [3.8, 4) is 11.4 Å². The van der Waals surface area contributed by atoms with Gasteiger partial charge in [0.15, 0.2) is 0 Å².